The van der Waals surface area contributed by atoms with E-state index in [1.807, 2.05) is 18.2 Å². The standard InChI is InChI=1S/C16H27NO3SSi/c1-16(2,3)22(5,6)20-14-11-12-9-7-8-10-13(12)15(14)17-21(4,18)19/h7-10,14-15,17H,11H2,1-6H3/q-1/t14-,15-/m1/s1. The normalized spacial score (nSPS) is 22.6. The minimum atomic E-state index is -3.29. The molecule has 0 spiro atoms. The van der Waals surface area contributed by atoms with Gasteiger partial charge in [-0.05, 0) is 25.9 Å². The first kappa shape index (κ1) is 17.7. The monoisotopic (exact) mass is 341 g/mol. The zero-order chi connectivity index (χ0) is 16.8. The number of rotatable bonds is 4. The Kier molecular flexibility index (Phi) is 4.61. The molecule has 2 atom stereocenters. The maximum Gasteiger partial charge on any atom is 0.209 e. The molecule has 0 fully saturated rings. The highest BCUT2D eigenvalue weighted by Crippen LogP contribution is 2.42. The van der Waals surface area contributed by atoms with Gasteiger partial charge in [-0.3, -0.25) is 0 Å². The van der Waals surface area contributed by atoms with E-state index in [1.165, 1.54) is 11.8 Å². The van der Waals surface area contributed by atoms with Crippen LogP contribution in [0.2, 0.25) is 18.1 Å². The van der Waals surface area contributed by atoms with E-state index in [9.17, 15) is 8.42 Å². The van der Waals surface area contributed by atoms with Gasteiger partial charge in [-0.2, -0.15) is 0 Å². The van der Waals surface area contributed by atoms with Crippen LogP contribution < -0.4 is 4.72 Å². The molecule has 1 N–H and O–H groups in total. The molecule has 1 aliphatic rings. The van der Waals surface area contributed by atoms with Gasteiger partial charge in [-0.1, -0.05) is 45.0 Å². The molecule has 2 rings (SSSR count). The lowest BCUT2D eigenvalue weighted by molar-refractivity contribution is 0.158. The van der Waals surface area contributed by atoms with E-state index < -0.39 is 18.3 Å². The Labute approximate surface area is 135 Å². The number of sulfonamides is 1. The third kappa shape index (κ3) is 3.79. The molecule has 125 valence electrons. The summed E-state index contributed by atoms with van der Waals surface area (Å²) in [6.45, 7) is 11.0. The molecule has 1 aromatic rings. The molecule has 1 aromatic carbocycles. The van der Waals surface area contributed by atoms with Crippen LogP contribution in [0.3, 0.4) is 0 Å². The van der Waals surface area contributed by atoms with Gasteiger partial charge in [0.15, 0.2) is 0 Å². The van der Waals surface area contributed by atoms with Crippen LogP contribution in [-0.2, 0) is 20.9 Å². The summed E-state index contributed by atoms with van der Waals surface area (Å²) in [5.41, 5.74) is 2.21. The molecule has 0 aromatic heterocycles. The number of hydrogen-bond acceptors (Lipinski definition) is 3. The Bertz CT molecular complexity index is 650. The van der Waals surface area contributed by atoms with E-state index in [0.29, 0.717) is 0 Å². The van der Waals surface area contributed by atoms with Crippen LogP contribution >= 0.6 is 0 Å². The van der Waals surface area contributed by atoms with Gasteiger partial charge in [-0.25, -0.2) is 13.1 Å². The van der Waals surface area contributed by atoms with E-state index in [2.05, 4.69) is 44.7 Å². The van der Waals surface area contributed by atoms with Crippen LogP contribution in [-0.4, -0.2) is 29.1 Å². The van der Waals surface area contributed by atoms with Crippen molar-refractivity contribution in [1.82, 2.24) is 4.72 Å². The third-order valence-corrected chi connectivity index (χ3v) is 9.96. The van der Waals surface area contributed by atoms with Crippen molar-refractivity contribution in [2.45, 2.75) is 57.5 Å². The lowest BCUT2D eigenvalue weighted by Gasteiger charge is -2.51. The molecule has 0 aliphatic heterocycles. The predicted molar refractivity (Wildman–Crippen MR) is 92.9 cm³/mol. The third-order valence-electron chi connectivity index (χ3n) is 4.78. The molecule has 0 saturated carbocycles. The number of benzene rings is 1. The van der Waals surface area contributed by atoms with Crippen LogP contribution in [0.25, 0.3) is 0 Å². The van der Waals surface area contributed by atoms with Crippen molar-refractivity contribution in [1.29, 1.82) is 0 Å². The highest BCUT2D eigenvalue weighted by atomic mass is 32.2. The quantitative estimate of drug-likeness (QED) is 0.856. The maximum absolute atomic E-state index is 11.7. The van der Waals surface area contributed by atoms with Crippen LogP contribution in [0.15, 0.2) is 24.3 Å². The van der Waals surface area contributed by atoms with Gasteiger partial charge < -0.3 is 4.43 Å². The molecule has 0 unspecified atom stereocenters. The first-order valence-electron chi connectivity index (χ1n) is 7.64. The minimum absolute atomic E-state index is 0.0947. The Morgan fingerprint density at radius 3 is 2.36 bits per heavy atom. The lowest BCUT2D eigenvalue weighted by atomic mass is 10.1. The molecular formula is C16H27NO3SSi-. The van der Waals surface area contributed by atoms with E-state index in [1.54, 1.807) is 0 Å². The summed E-state index contributed by atoms with van der Waals surface area (Å²) in [6.07, 6.45) is 1.83. The van der Waals surface area contributed by atoms with Crippen molar-refractivity contribution in [2.75, 3.05) is 6.26 Å². The predicted octanol–water partition coefficient (Wildman–Crippen LogP) is 3.22. The maximum atomic E-state index is 11.7. The van der Waals surface area contributed by atoms with Crippen LogP contribution in [0.5, 0.6) is 0 Å². The van der Waals surface area contributed by atoms with E-state index in [0.717, 1.165) is 12.0 Å². The zero-order valence-electron chi connectivity index (χ0n) is 14.3. The fraction of sp³-hybridized carbons (Fsp3) is 0.625. The Balaban J connectivity index is 2.32. The summed E-state index contributed by atoms with van der Waals surface area (Å²) < 4.78 is 32.8. The molecule has 0 saturated heterocycles. The highest BCUT2D eigenvalue weighted by molar-refractivity contribution is 7.88. The molecule has 0 heterocycles. The van der Waals surface area contributed by atoms with Gasteiger partial charge in [0.2, 0.25) is 10.0 Å². The summed E-state index contributed by atoms with van der Waals surface area (Å²) in [7, 11) is -5.25. The second-order valence-electron chi connectivity index (χ2n) is 7.69. The molecule has 1 aliphatic carbocycles. The van der Waals surface area contributed by atoms with Crippen molar-refractivity contribution in [2.24, 2.45) is 0 Å². The molecule has 4 nitrogen and oxygen atoms in total. The lowest BCUT2D eigenvalue weighted by Crippen LogP contribution is -2.47. The van der Waals surface area contributed by atoms with E-state index >= 15 is 0 Å². The van der Waals surface area contributed by atoms with Gasteiger partial charge in [-0.15, -0.1) is 18.1 Å². The summed E-state index contributed by atoms with van der Waals surface area (Å²) >= 11 is 0. The van der Waals surface area contributed by atoms with Gasteiger partial charge in [0.05, 0.1) is 12.3 Å². The molecule has 0 radical (unpaired) electrons. The largest absolute Gasteiger partial charge is 0.561 e. The smallest absolute Gasteiger partial charge is 0.209 e. The number of fused-ring (bicyclic) bond motifs is 1. The first-order valence-corrected chi connectivity index (χ1v) is 12.4. The van der Waals surface area contributed by atoms with Crippen molar-refractivity contribution >= 4 is 18.3 Å². The fourth-order valence-corrected chi connectivity index (χ4v) is 4.66. The zero-order valence-corrected chi connectivity index (χ0v) is 16.1. The van der Waals surface area contributed by atoms with E-state index in [-0.39, 0.29) is 17.2 Å². The Hall–Kier alpha value is -0.693. The van der Waals surface area contributed by atoms with Crippen LogP contribution in [0.1, 0.15) is 37.9 Å². The second-order valence-corrected chi connectivity index (χ2v) is 14.2. The topological polar surface area (TPSA) is 55.4 Å². The summed E-state index contributed by atoms with van der Waals surface area (Å²) in [6, 6.07) is 7.70. The summed E-state index contributed by atoms with van der Waals surface area (Å²) in [4.78, 5) is 0. The number of nitrogens with one attached hydrogen (secondary N) is 1. The Morgan fingerprint density at radius 2 is 1.82 bits per heavy atom. The molecule has 22 heavy (non-hydrogen) atoms. The summed E-state index contributed by atoms with van der Waals surface area (Å²) in [5.74, 6) is 0. The highest BCUT2D eigenvalue weighted by Gasteiger charge is 2.37. The van der Waals surface area contributed by atoms with Crippen molar-refractivity contribution in [3.8, 4) is 0 Å². The van der Waals surface area contributed by atoms with Gasteiger partial charge in [0.25, 0.3) is 0 Å². The molecule has 0 bridgehead atoms. The second kappa shape index (κ2) is 5.74. The molecule has 0 amide bonds. The fourth-order valence-electron chi connectivity index (χ4n) is 2.59. The van der Waals surface area contributed by atoms with Crippen LogP contribution in [0, 0.1) is 0 Å². The van der Waals surface area contributed by atoms with Crippen molar-refractivity contribution in [3.63, 3.8) is 0 Å². The first-order chi connectivity index (χ1) is 9.91. The molecular weight excluding hydrogens is 314 g/mol. The van der Waals surface area contributed by atoms with Gasteiger partial charge >= 0.3 is 0 Å². The Morgan fingerprint density at radius 1 is 1.23 bits per heavy atom. The van der Waals surface area contributed by atoms with Gasteiger partial charge in [0, 0.05) is 6.10 Å². The van der Waals surface area contributed by atoms with Crippen molar-refractivity contribution in [3.05, 3.63) is 35.4 Å². The van der Waals surface area contributed by atoms with Crippen molar-refractivity contribution < 1.29 is 12.8 Å². The van der Waals surface area contributed by atoms with E-state index in [4.69, 9.17) is 4.43 Å². The average molecular weight is 342 g/mol. The van der Waals surface area contributed by atoms with Gasteiger partial charge in [0.1, 0.15) is 0 Å². The average Bonchev–Trinajstić information content (AvgIpc) is 2.63. The molecule has 6 heteroatoms. The summed E-state index contributed by atoms with van der Waals surface area (Å²) in [5, 5.41) is 0.0947. The van der Waals surface area contributed by atoms with Crippen LogP contribution in [0.4, 0.5) is 0 Å². The minimum Gasteiger partial charge on any atom is -0.561 e. The SMILES string of the molecule is CC(C)(C)[Si-](C)(C)O[C@@H]1Cc2ccccc2[C@H]1NS(C)(=O)=O. The number of hydrogen-bond donors (Lipinski definition) is 1.